The zero-order valence-corrected chi connectivity index (χ0v) is 15.3. The highest BCUT2D eigenvalue weighted by Crippen LogP contribution is 2.27. The number of ether oxygens (including phenoxy) is 5. The van der Waals surface area contributed by atoms with Crippen LogP contribution in [0.4, 0.5) is 0 Å². The number of hydrogen-bond donors (Lipinski definition) is 0. The van der Waals surface area contributed by atoms with Gasteiger partial charge in [-0.2, -0.15) is 0 Å². The van der Waals surface area contributed by atoms with Crippen molar-refractivity contribution in [2.24, 2.45) is 0 Å². The lowest BCUT2D eigenvalue weighted by atomic mass is 10.2. The third kappa shape index (κ3) is 5.58. The van der Waals surface area contributed by atoms with Crippen molar-refractivity contribution in [1.82, 2.24) is 0 Å². The molecule has 0 spiro atoms. The summed E-state index contributed by atoms with van der Waals surface area (Å²) in [5.41, 5.74) is 0.389. The molecule has 140 valence electrons. The quantitative estimate of drug-likeness (QED) is 0.475. The van der Waals surface area contributed by atoms with Crippen LogP contribution < -0.4 is 18.9 Å². The minimum absolute atomic E-state index is 0.140. The van der Waals surface area contributed by atoms with Crippen molar-refractivity contribution in [3.63, 3.8) is 0 Å². The Morgan fingerprint density at radius 3 is 2.00 bits per heavy atom. The van der Waals surface area contributed by atoms with E-state index in [0.29, 0.717) is 29.4 Å². The predicted molar refractivity (Wildman–Crippen MR) is 97.6 cm³/mol. The van der Waals surface area contributed by atoms with Crippen molar-refractivity contribution in [2.75, 3.05) is 34.0 Å². The summed E-state index contributed by atoms with van der Waals surface area (Å²) in [6.07, 6.45) is 0.962. The monoisotopic (exact) mass is 360 g/mol. The van der Waals surface area contributed by atoms with Gasteiger partial charge in [-0.05, 0) is 48.9 Å². The van der Waals surface area contributed by atoms with Gasteiger partial charge in [0.25, 0.3) is 0 Å². The molecule has 2 aromatic rings. The number of rotatable bonds is 10. The van der Waals surface area contributed by atoms with Crippen molar-refractivity contribution in [3.05, 3.63) is 48.0 Å². The van der Waals surface area contributed by atoms with E-state index in [1.165, 1.54) is 14.2 Å². The molecular weight excluding hydrogens is 336 g/mol. The summed E-state index contributed by atoms with van der Waals surface area (Å²) in [4.78, 5) is 12.1. The van der Waals surface area contributed by atoms with Gasteiger partial charge in [-0.15, -0.1) is 0 Å². The summed E-state index contributed by atoms with van der Waals surface area (Å²) >= 11 is 0. The van der Waals surface area contributed by atoms with Gasteiger partial charge in [-0.25, -0.2) is 4.79 Å². The van der Waals surface area contributed by atoms with Crippen LogP contribution in [0.1, 0.15) is 23.7 Å². The number of carbonyl (C=O) groups is 1. The second-order valence-electron chi connectivity index (χ2n) is 5.37. The van der Waals surface area contributed by atoms with E-state index >= 15 is 0 Å². The van der Waals surface area contributed by atoms with Gasteiger partial charge in [0.05, 0.1) is 26.4 Å². The van der Waals surface area contributed by atoms with E-state index in [1.54, 1.807) is 18.2 Å². The maximum Gasteiger partial charge on any atom is 0.338 e. The van der Waals surface area contributed by atoms with Gasteiger partial charge < -0.3 is 23.7 Å². The molecule has 0 aromatic heterocycles. The number of carbonyl (C=O) groups excluding carboxylic acids is 1. The zero-order chi connectivity index (χ0) is 18.8. The van der Waals surface area contributed by atoms with Gasteiger partial charge in [-0.3, -0.25) is 0 Å². The molecule has 0 aliphatic heterocycles. The summed E-state index contributed by atoms with van der Waals surface area (Å²) in [6.45, 7) is 3.14. The highest BCUT2D eigenvalue weighted by atomic mass is 16.6. The second kappa shape index (κ2) is 10.2. The Kier molecular flexibility index (Phi) is 7.61. The molecule has 0 saturated heterocycles. The van der Waals surface area contributed by atoms with E-state index in [-0.39, 0.29) is 13.2 Å². The first-order valence-electron chi connectivity index (χ1n) is 8.42. The van der Waals surface area contributed by atoms with Crippen molar-refractivity contribution in [2.45, 2.75) is 13.3 Å². The second-order valence-corrected chi connectivity index (χ2v) is 5.37. The molecule has 0 amide bonds. The van der Waals surface area contributed by atoms with E-state index < -0.39 is 5.97 Å². The fourth-order valence-electron chi connectivity index (χ4n) is 2.19. The molecule has 6 nitrogen and oxygen atoms in total. The van der Waals surface area contributed by atoms with E-state index in [1.807, 2.05) is 24.3 Å². The average Bonchev–Trinajstić information content (AvgIpc) is 2.69. The normalized spacial score (nSPS) is 10.1. The van der Waals surface area contributed by atoms with Crippen LogP contribution in [0.25, 0.3) is 0 Å². The molecule has 2 aromatic carbocycles. The molecular formula is C20H24O6. The average molecular weight is 360 g/mol. The molecule has 0 saturated carbocycles. The van der Waals surface area contributed by atoms with Crippen molar-refractivity contribution in [1.29, 1.82) is 0 Å². The predicted octanol–water partition coefficient (Wildman–Crippen LogP) is 3.73. The Labute approximate surface area is 153 Å². The van der Waals surface area contributed by atoms with Crippen molar-refractivity contribution < 1.29 is 28.5 Å². The van der Waals surface area contributed by atoms with Gasteiger partial charge in [0.1, 0.15) is 24.7 Å². The molecule has 6 heteroatoms. The third-order valence-electron chi connectivity index (χ3n) is 3.50. The Morgan fingerprint density at radius 2 is 1.42 bits per heavy atom. The number of benzene rings is 2. The van der Waals surface area contributed by atoms with Gasteiger partial charge in [0.2, 0.25) is 0 Å². The molecule has 0 atom stereocenters. The summed E-state index contributed by atoms with van der Waals surface area (Å²) in [7, 11) is 3.05. The first-order chi connectivity index (χ1) is 12.7. The number of methoxy groups -OCH3 is 2. The van der Waals surface area contributed by atoms with Gasteiger partial charge in [0.15, 0.2) is 11.5 Å². The topological polar surface area (TPSA) is 63.2 Å². The molecule has 0 fully saturated rings. The smallest absolute Gasteiger partial charge is 0.338 e. The summed E-state index contributed by atoms with van der Waals surface area (Å²) < 4.78 is 26.6. The van der Waals surface area contributed by atoms with Gasteiger partial charge >= 0.3 is 5.97 Å². The molecule has 0 radical (unpaired) electrons. The standard InChI is InChI=1S/C20H24O6/c1-4-11-24-16-6-8-17(9-7-16)25-12-13-26-20(21)15-5-10-18(22-2)19(14-15)23-3/h5-10,14H,4,11-13H2,1-3H3. The lowest BCUT2D eigenvalue weighted by molar-refractivity contribution is 0.0450. The Morgan fingerprint density at radius 1 is 0.808 bits per heavy atom. The van der Waals surface area contributed by atoms with Crippen LogP contribution in [0.5, 0.6) is 23.0 Å². The Balaban J connectivity index is 1.78. The highest BCUT2D eigenvalue weighted by molar-refractivity contribution is 5.90. The summed E-state index contributed by atoms with van der Waals surface area (Å²) in [6, 6.07) is 12.2. The maximum absolute atomic E-state index is 12.1. The van der Waals surface area contributed by atoms with Crippen molar-refractivity contribution in [3.8, 4) is 23.0 Å². The molecule has 0 aliphatic carbocycles. The Hall–Kier alpha value is -2.89. The van der Waals surface area contributed by atoms with Gasteiger partial charge in [0, 0.05) is 0 Å². The summed E-state index contributed by atoms with van der Waals surface area (Å²) in [5.74, 6) is 2.08. The minimum Gasteiger partial charge on any atom is -0.494 e. The molecule has 2 rings (SSSR count). The molecule has 0 bridgehead atoms. The SMILES string of the molecule is CCCOc1ccc(OCCOC(=O)c2ccc(OC)c(OC)c2)cc1. The van der Waals surface area contributed by atoms with Crippen molar-refractivity contribution >= 4 is 5.97 Å². The lowest BCUT2D eigenvalue weighted by Gasteiger charge is -2.10. The van der Waals surface area contributed by atoms with Crippen LogP contribution in [0.2, 0.25) is 0 Å². The number of hydrogen-bond acceptors (Lipinski definition) is 6. The van der Waals surface area contributed by atoms with E-state index in [0.717, 1.165) is 12.2 Å². The molecule has 0 unspecified atom stereocenters. The van der Waals surface area contributed by atoms with E-state index in [9.17, 15) is 4.79 Å². The number of esters is 1. The fourth-order valence-corrected chi connectivity index (χ4v) is 2.19. The van der Waals surface area contributed by atoms with Crippen LogP contribution >= 0.6 is 0 Å². The Bertz CT molecular complexity index is 696. The highest BCUT2D eigenvalue weighted by Gasteiger charge is 2.11. The molecule has 0 aliphatic rings. The van der Waals surface area contributed by atoms with E-state index in [2.05, 4.69) is 6.92 Å². The van der Waals surface area contributed by atoms with Crippen LogP contribution in [-0.2, 0) is 4.74 Å². The molecule has 0 heterocycles. The van der Waals surface area contributed by atoms with Gasteiger partial charge in [-0.1, -0.05) is 6.92 Å². The first kappa shape index (κ1) is 19.4. The van der Waals surface area contributed by atoms with Crippen LogP contribution in [-0.4, -0.2) is 40.0 Å². The zero-order valence-electron chi connectivity index (χ0n) is 15.3. The van der Waals surface area contributed by atoms with Crippen LogP contribution in [0, 0.1) is 0 Å². The van der Waals surface area contributed by atoms with E-state index in [4.69, 9.17) is 23.7 Å². The summed E-state index contributed by atoms with van der Waals surface area (Å²) in [5, 5.41) is 0. The minimum atomic E-state index is -0.446. The lowest BCUT2D eigenvalue weighted by Crippen LogP contribution is -2.12. The molecule has 26 heavy (non-hydrogen) atoms. The maximum atomic E-state index is 12.1. The van der Waals surface area contributed by atoms with Crippen LogP contribution in [0.15, 0.2) is 42.5 Å². The largest absolute Gasteiger partial charge is 0.494 e. The van der Waals surface area contributed by atoms with Crippen LogP contribution in [0.3, 0.4) is 0 Å². The molecule has 0 N–H and O–H groups in total. The first-order valence-corrected chi connectivity index (χ1v) is 8.42. The third-order valence-corrected chi connectivity index (χ3v) is 3.50. The fraction of sp³-hybridized carbons (Fsp3) is 0.350.